The lowest BCUT2D eigenvalue weighted by Gasteiger charge is -2.67. The van der Waals surface area contributed by atoms with Gasteiger partial charge in [0.05, 0.1) is 0 Å². The molecule has 1 aromatic carbocycles. The fourth-order valence-corrected chi connectivity index (χ4v) is 20.9. The zero-order chi connectivity index (χ0) is 33.1. The average Bonchev–Trinajstić information content (AvgIpc) is 3.72. The van der Waals surface area contributed by atoms with Crippen LogP contribution in [0.4, 0.5) is 0 Å². The van der Waals surface area contributed by atoms with Gasteiger partial charge in [0, 0.05) is 29.4 Å². The van der Waals surface area contributed by atoms with E-state index in [2.05, 4.69) is 100 Å². The molecule has 0 unspecified atom stereocenters. The molecule has 2 N–H and O–H groups in total. The number of H-pyrrole nitrogens is 2. The molecule has 11 rings (SSSR count). The van der Waals surface area contributed by atoms with Gasteiger partial charge < -0.3 is 9.97 Å². The molecule has 0 aliphatic heterocycles. The molecule has 2 aromatic heterocycles. The largest absolute Gasteiger partial charge is 0.361 e. The van der Waals surface area contributed by atoms with Crippen LogP contribution < -0.4 is 10.9 Å². The summed E-state index contributed by atoms with van der Waals surface area (Å²) in [5.41, 5.74) is 9.67. The van der Waals surface area contributed by atoms with E-state index >= 15 is 0 Å². The molecule has 8 aliphatic rings. The van der Waals surface area contributed by atoms with Crippen molar-refractivity contribution >= 4 is 26.7 Å². The highest BCUT2D eigenvalue weighted by Crippen LogP contribution is 2.79. The molecule has 8 bridgehead atoms. The van der Waals surface area contributed by atoms with Crippen LogP contribution in [-0.2, 0) is 23.2 Å². The standard InChI is InChI=1S/C44H62N2P2/c1-41(2,3)37-19-35(27-47(39-9-7-11-45-39)40-10-8-12-46-40)36(20-38(37)42(4,5)6)28-48(43-21-29-13-30(22-43)15-31(14-29)23-43)44-24-32-16-33(25-44)18-34(17-32)26-44/h7-12,19-20,29-34,45-46H,13-18,21-28H2,1-6H3. The summed E-state index contributed by atoms with van der Waals surface area (Å²) in [6.07, 6.45) is 25.7. The van der Waals surface area contributed by atoms with Crippen LogP contribution >= 0.6 is 15.8 Å². The minimum absolute atomic E-state index is 0.111. The Morgan fingerprint density at radius 2 is 0.917 bits per heavy atom. The lowest BCUT2D eigenvalue weighted by molar-refractivity contribution is 0.0184. The molecule has 4 heteroatoms. The summed E-state index contributed by atoms with van der Waals surface area (Å²) in [7, 11) is -0.649. The maximum absolute atomic E-state index is 3.68. The Bertz CT molecular complexity index is 1470. The third-order valence-electron chi connectivity index (χ3n) is 14.5. The van der Waals surface area contributed by atoms with Crippen LogP contribution in [0.3, 0.4) is 0 Å². The summed E-state index contributed by atoms with van der Waals surface area (Å²) in [6, 6.07) is 14.7. The van der Waals surface area contributed by atoms with Crippen molar-refractivity contribution in [3.8, 4) is 0 Å². The molecular weight excluding hydrogens is 618 g/mol. The molecule has 0 amide bonds. The van der Waals surface area contributed by atoms with Crippen molar-refractivity contribution < 1.29 is 0 Å². The lowest BCUT2D eigenvalue weighted by atomic mass is 9.55. The van der Waals surface area contributed by atoms with Gasteiger partial charge in [-0.2, -0.15) is 0 Å². The van der Waals surface area contributed by atoms with Gasteiger partial charge >= 0.3 is 0 Å². The maximum Gasteiger partial charge on any atom is 0.0448 e. The van der Waals surface area contributed by atoms with Crippen molar-refractivity contribution in [2.24, 2.45) is 35.5 Å². The van der Waals surface area contributed by atoms with Gasteiger partial charge in [0.2, 0.25) is 0 Å². The molecule has 8 fully saturated rings. The Morgan fingerprint density at radius 3 is 1.23 bits per heavy atom. The van der Waals surface area contributed by atoms with Crippen molar-refractivity contribution in [1.29, 1.82) is 0 Å². The molecule has 2 nitrogen and oxygen atoms in total. The zero-order valence-corrected chi connectivity index (χ0v) is 32.7. The van der Waals surface area contributed by atoms with E-state index in [1.54, 1.807) is 99.3 Å². The van der Waals surface area contributed by atoms with Crippen molar-refractivity contribution in [3.05, 3.63) is 71.0 Å². The predicted octanol–water partition coefficient (Wildman–Crippen LogP) is 11.5. The molecule has 3 aromatic rings. The Morgan fingerprint density at radius 1 is 0.562 bits per heavy atom. The van der Waals surface area contributed by atoms with Gasteiger partial charge in [0.25, 0.3) is 0 Å². The quantitative estimate of drug-likeness (QED) is 0.222. The third kappa shape index (κ3) is 5.65. The minimum Gasteiger partial charge on any atom is -0.361 e. The first kappa shape index (κ1) is 32.5. The topological polar surface area (TPSA) is 31.6 Å². The van der Waals surface area contributed by atoms with Crippen LogP contribution in [-0.4, -0.2) is 20.3 Å². The van der Waals surface area contributed by atoms with E-state index in [4.69, 9.17) is 0 Å². The van der Waals surface area contributed by atoms with Crippen molar-refractivity contribution in [3.63, 3.8) is 0 Å². The molecule has 2 heterocycles. The Labute approximate surface area is 294 Å². The normalized spacial score (nSPS) is 36.0. The average molecular weight is 681 g/mol. The lowest BCUT2D eigenvalue weighted by Crippen LogP contribution is -2.56. The molecule has 0 atom stereocenters. The van der Waals surface area contributed by atoms with Gasteiger partial charge in [-0.15, -0.1) is 0 Å². The molecule has 48 heavy (non-hydrogen) atoms. The smallest absolute Gasteiger partial charge is 0.0448 e. The van der Waals surface area contributed by atoms with E-state index < -0.39 is 7.92 Å². The molecule has 258 valence electrons. The number of hydrogen-bond donors (Lipinski definition) is 2. The second kappa shape index (κ2) is 11.6. The fourth-order valence-electron chi connectivity index (χ4n) is 13.5. The van der Waals surface area contributed by atoms with Gasteiger partial charge in [0.1, 0.15) is 0 Å². The van der Waals surface area contributed by atoms with Gasteiger partial charge in [-0.3, -0.25) is 0 Å². The zero-order valence-electron chi connectivity index (χ0n) is 30.9. The first-order chi connectivity index (χ1) is 22.9. The number of aromatic nitrogens is 2. The third-order valence-corrected chi connectivity index (χ3v) is 20.9. The fraction of sp³-hybridized carbons (Fsp3) is 0.682. The van der Waals surface area contributed by atoms with Crippen molar-refractivity contribution in [2.45, 2.75) is 152 Å². The summed E-state index contributed by atoms with van der Waals surface area (Å²) in [6.45, 7) is 14.8. The molecule has 8 aliphatic carbocycles. The highest BCUT2D eigenvalue weighted by Gasteiger charge is 2.62. The van der Waals surface area contributed by atoms with Gasteiger partial charge in [-0.05, 0) is 194 Å². The van der Waals surface area contributed by atoms with Crippen LogP contribution in [0.1, 0.15) is 141 Å². The molecular formula is C44H62N2P2. The van der Waals surface area contributed by atoms with Crippen LogP contribution in [0, 0.1) is 35.5 Å². The maximum atomic E-state index is 3.68. The van der Waals surface area contributed by atoms with E-state index in [1.807, 2.05) is 0 Å². The highest BCUT2D eigenvalue weighted by molar-refractivity contribution is 7.71. The highest BCUT2D eigenvalue weighted by atomic mass is 31.1. The van der Waals surface area contributed by atoms with Gasteiger partial charge in [0.15, 0.2) is 0 Å². The Hall–Kier alpha value is -1.36. The molecule has 0 radical (unpaired) electrons. The van der Waals surface area contributed by atoms with Crippen LogP contribution in [0.15, 0.2) is 48.8 Å². The van der Waals surface area contributed by atoms with E-state index in [-0.39, 0.29) is 18.8 Å². The summed E-state index contributed by atoms with van der Waals surface area (Å²) >= 11 is 0. The van der Waals surface area contributed by atoms with E-state index in [0.29, 0.717) is 10.3 Å². The number of hydrogen-bond acceptors (Lipinski definition) is 0. The Kier molecular flexibility index (Phi) is 7.85. The Balaban J connectivity index is 1.20. The van der Waals surface area contributed by atoms with E-state index in [1.165, 1.54) is 17.0 Å². The number of rotatable bonds is 8. The van der Waals surface area contributed by atoms with Crippen LogP contribution in [0.5, 0.6) is 0 Å². The number of benzene rings is 1. The van der Waals surface area contributed by atoms with Crippen molar-refractivity contribution in [2.75, 3.05) is 0 Å². The number of aromatic amines is 2. The van der Waals surface area contributed by atoms with Crippen LogP contribution in [0.2, 0.25) is 0 Å². The summed E-state index contributed by atoms with van der Waals surface area (Å²) < 4.78 is 0. The van der Waals surface area contributed by atoms with Gasteiger partial charge in [-0.25, -0.2) is 0 Å². The summed E-state index contributed by atoms with van der Waals surface area (Å²) in [5, 5.41) is 1.31. The predicted molar refractivity (Wildman–Crippen MR) is 208 cm³/mol. The first-order valence-electron chi connectivity index (χ1n) is 19.8. The second-order valence-corrected chi connectivity index (χ2v) is 25.4. The second-order valence-electron chi connectivity index (χ2n) is 20.2. The van der Waals surface area contributed by atoms with E-state index in [9.17, 15) is 0 Å². The summed E-state index contributed by atoms with van der Waals surface area (Å²) in [5.74, 6) is 6.23. The monoisotopic (exact) mass is 680 g/mol. The first-order valence-corrected chi connectivity index (χ1v) is 22.9. The summed E-state index contributed by atoms with van der Waals surface area (Å²) in [4.78, 5) is 7.35. The van der Waals surface area contributed by atoms with Crippen molar-refractivity contribution in [1.82, 2.24) is 9.97 Å². The number of nitrogens with one attached hydrogen (secondary N) is 2. The van der Waals surface area contributed by atoms with Crippen LogP contribution in [0.25, 0.3) is 0 Å². The SMILES string of the molecule is CC(C)(C)c1cc(CP(c2ccc[nH]2)c2ccc[nH]2)c(CP(C23CC4CC(CC(C4)C2)C3)C23CC4CC(CC(C4)C2)C3)cc1C(C)(C)C. The minimum atomic E-state index is -0.538. The van der Waals surface area contributed by atoms with Gasteiger partial charge in [-0.1, -0.05) is 61.6 Å². The molecule has 8 saturated carbocycles. The molecule has 0 saturated heterocycles. The molecule has 0 spiro atoms. The van der Waals surface area contributed by atoms with E-state index in [0.717, 1.165) is 41.7 Å².